The van der Waals surface area contributed by atoms with Crippen molar-refractivity contribution in [1.29, 1.82) is 0 Å². The Labute approximate surface area is 113 Å². The van der Waals surface area contributed by atoms with Crippen molar-refractivity contribution in [2.75, 3.05) is 27.4 Å². The summed E-state index contributed by atoms with van der Waals surface area (Å²) >= 11 is 0. The molecule has 2 N–H and O–H groups in total. The van der Waals surface area contributed by atoms with E-state index in [2.05, 4.69) is 4.72 Å². The molecule has 19 heavy (non-hydrogen) atoms. The molecular formula is C12H19NO5S. The molecule has 7 heteroatoms. The van der Waals surface area contributed by atoms with Crippen LogP contribution in [0.15, 0.2) is 23.1 Å². The van der Waals surface area contributed by atoms with E-state index in [-0.39, 0.29) is 18.1 Å². The molecular weight excluding hydrogens is 270 g/mol. The minimum absolute atomic E-state index is 0.102. The Balaban J connectivity index is 2.96. The molecule has 1 aromatic carbocycles. The Morgan fingerprint density at radius 3 is 2.53 bits per heavy atom. The number of rotatable bonds is 7. The van der Waals surface area contributed by atoms with Gasteiger partial charge in [0.15, 0.2) is 0 Å². The summed E-state index contributed by atoms with van der Waals surface area (Å²) < 4.78 is 36.5. The number of hydrogen-bond acceptors (Lipinski definition) is 5. The van der Waals surface area contributed by atoms with Crippen molar-refractivity contribution in [3.63, 3.8) is 0 Å². The molecule has 1 rings (SSSR count). The van der Waals surface area contributed by atoms with Crippen LogP contribution in [-0.2, 0) is 14.8 Å². The molecule has 0 radical (unpaired) electrons. The molecule has 0 aliphatic rings. The van der Waals surface area contributed by atoms with Crippen molar-refractivity contribution >= 4 is 10.0 Å². The van der Waals surface area contributed by atoms with Gasteiger partial charge in [0.05, 0.1) is 31.3 Å². The fourth-order valence-electron chi connectivity index (χ4n) is 1.63. The fraction of sp³-hybridized carbons (Fsp3) is 0.500. The number of aliphatic hydroxyl groups is 1. The van der Waals surface area contributed by atoms with Crippen LogP contribution >= 0.6 is 0 Å². The second-order valence-electron chi connectivity index (χ2n) is 4.09. The van der Waals surface area contributed by atoms with E-state index in [9.17, 15) is 8.42 Å². The van der Waals surface area contributed by atoms with Crippen molar-refractivity contribution in [3.05, 3.63) is 23.8 Å². The van der Waals surface area contributed by atoms with Crippen LogP contribution in [0.3, 0.4) is 0 Å². The van der Waals surface area contributed by atoms with Crippen LogP contribution in [0.4, 0.5) is 0 Å². The average Bonchev–Trinajstić information content (AvgIpc) is 2.37. The van der Waals surface area contributed by atoms with Gasteiger partial charge in [-0.15, -0.1) is 0 Å². The lowest BCUT2D eigenvalue weighted by Gasteiger charge is -2.16. The van der Waals surface area contributed by atoms with Crippen molar-refractivity contribution in [2.24, 2.45) is 0 Å². The predicted octanol–water partition coefficient (Wildman–Crippen LogP) is 0.289. The van der Waals surface area contributed by atoms with Crippen LogP contribution in [0, 0.1) is 6.92 Å². The van der Waals surface area contributed by atoms with E-state index >= 15 is 0 Å². The van der Waals surface area contributed by atoms with E-state index in [1.165, 1.54) is 26.4 Å². The molecule has 0 spiro atoms. The maximum Gasteiger partial charge on any atom is 0.240 e. The molecule has 0 bridgehead atoms. The largest absolute Gasteiger partial charge is 0.496 e. The maximum absolute atomic E-state index is 12.1. The van der Waals surface area contributed by atoms with Crippen LogP contribution < -0.4 is 9.46 Å². The summed E-state index contributed by atoms with van der Waals surface area (Å²) in [5.41, 5.74) is 0.720. The van der Waals surface area contributed by atoms with E-state index < -0.39 is 16.1 Å². The summed E-state index contributed by atoms with van der Waals surface area (Å²) in [6.45, 7) is 1.53. The highest BCUT2D eigenvalue weighted by molar-refractivity contribution is 7.89. The number of aliphatic hydroxyl groups excluding tert-OH is 1. The molecule has 0 amide bonds. The van der Waals surface area contributed by atoms with Gasteiger partial charge in [0.2, 0.25) is 10.0 Å². The molecule has 0 saturated heterocycles. The highest BCUT2D eigenvalue weighted by Gasteiger charge is 2.20. The Hall–Kier alpha value is -1.15. The van der Waals surface area contributed by atoms with Gasteiger partial charge in [0, 0.05) is 7.11 Å². The third kappa shape index (κ3) is 4.17. The van der Waals surface area contributed by atoms with Crippen molar-refractivity contribution in [3.8, 4) is 5.75 Å². The number of sulfonamides is 1. The number of methoxy groups -OCH3 is 2. The molecule has 0 aromatic heterocycles. The van der Waals surface area contributed by atoms with E-state index in [0.717, 1.165) is 5.56 Å². The predicted molar refractivity (Wildman–Crippen MR) is 70.8 cm³/mol. The molecule has 108 valence electrons. The van der Waals surface area contributed by atoms with Crippen LogP contribution in [0.5, 0.6) is 5.75 Å². The average molecular weight is 289 g/mol. The topological polar surface area (TPSA) is 84.9 Å². The van der Waals surface area contributed by atoms with Crippen LogP contribution in [0.1, 0.15) is 5.56 Å². The first kappa shape index (κ1) is 15.9. The molecule has 0 aliphatic heterocycles. The fourth-order valence-corrected chi connectivity index (χ4v) is 2.93. The highest BCUT2D eigenvalue weighted by Crippen LogP contribution is 2.21. The first-order valence-corrected chi connectivity index (χ1v) is 7.19. The highest BCUT2D eigenvalue weighted by atomic mass is 32.2. The maximum atomic E-state index is 12.1. The lowest BCUT2D eigenvalue weighted by molar-refractivity contribution is 0.139. The number of nitrogens with one attached hydrogen (secondary N) is 1. The molecule has 1 aromatic rings. The Bertz CT molecular complexity index is 515. The SMILES string of the molecule is COCC(CO)NS(=O)(=O)c1ccc(OC)c(C)c1. The minimum Gasteiger partial charge on any atom is -0.496 e. The molecule has 1 unspecified atom stereocenters. The summed E-state index contributed by atoms with van der Waals surface area (Å²) in [4.78, 5) is 0.125. The number of ether oxygens (including phenoxy) is 2. The molecule has 0 heterocycles. The zero-order valence-electron chi connectivity index (χ0n) is 11.2. The minimum atomic E-state index is -3.69. The van der Waals surface area contributed by atoms with Crippen LogP contribution in [0.25, 0.3) is 0 Å². The normalized spacial score (nSPS) is 13.3. The third-order valence-electron chi connectivity index (χ3n) is 2.59. The second kappa shape index (κ2) is 6.85. The van der Waals surface area contributed by atoms with Gasteiger partial charge in [-0.25, -0.2) is 13.1 Å². The summed E-state index contributed by atoms with van der Waals surface area (Å²) in [5.74, 6) is 0.620. The Kier molecular flexibility index (Phi) is 5.74. The second-order valence-corrected chi connectivity index (χ2v) is 5.80. The number of aryl methyl sites for hydroxylation is 1. The van der Waals surface area contributed by atoms with Gasteiger partial charge in [0.1, 0.15) is 5.75 Å². The molecule has 0 aliphatic carbocycles. The smallest absolute Gasteiger partial charge is 0.240 e. The van der Waals surface area contributed by atoms with Crippen molar-refractivity contribution in [1.82, 2.24) is 4.72 Å². The lowest BCUT2D eigenvalue weighted by Crippen LogP contribution is -2.40. The zero-order valence-corrected chi connectivity index (χ0v) is 12.0. The van der Waals surface area contributed by atoms with Gasteiger partial charge in [-0.05, 0) is 30.7 Å². The molecule has 6 nitrogen and oxygen atoms in total. The summed E-state index contributed by atoms with van der Waals surface area (Å²) in [6.07, 6.45) is 0. The van der Waals surface area contributed by atoms with Crippen molar-refractivity contribution < 1.29 is 23.0 Å². The standard InChI is InChI=1S/C12H19NO5S/c1-9-6-11(4-5-12(9)18-3)19(15,16)13-10(7-14)8-17-2/h4-6,10,13-14H,7-8H2,1-3H3. The zero-order chi connectivity index (χ0) is 14.5. The van der Waals surface area contributed by atoms with Gasteiger partial charge in [-0.2, -0.15) is 0 Å². The quantitative estimate of drug-likeness (QED) is 0.753. The van der Waals surface area contributed by atoms with Gasteiger partial charge in [0.25, 0.3) is 0 Å². The van der Waals surface area contributed by atoms with Crippen LogP contribution in [-0.4, -0.2) is 47.0 Å². The molecule has 0 saturated carbocycles. The summed E-state index contributed by atoms with van der Waals surface area (Å²) in [5, 5.41) is 9.08. The van der Waals surface area contributed by atoms with Gasteiger partial charge in [-0.3, -0.25) is 0 Å². The van der Waals surface area contributed by atoms with Crippen LogP contribution in [0.2, 0.25) is 0 Å². The number of hydrogen-bond donors (Lipinski definition) is 2. The van der Waals surface area contributed by atoms with E-state index in [0.29, 0.717) is 5.75 Å². The number of benzene rings is 1. The summed E-state index contributed by atoms with van der Waals surface area (Å²) in [6, 6.07) is 3.89. The van der Waals surface area contributed by atoms with Gasteiger partial charge in [-0.1, -0.05) is 0 Å². The third-order valence-corrected chi connectivity index (χ3v) is 4.10. The van der Waals surface area contributed by atoms with Gasteiger partial charge >= 0.3 is 0 Å². The molecule has 0 fully saturated rings. The van der Waals surface area contributed by atoms with Gasteiger partial charge < -0.3 is 14.6 Å². The summed E-state index contributed by atoms with van der Waals surface area (Å²) in [7, 11) is -0.725. The Morgan fingerprint density at radius 2 is 2.05 bits per heavy atom. The van der Waals surface area contributed by atoms with Crippen molar-refractivity contribution in [2.45, 2.75) is 17.9 Å². The Morgan fingerprint density at radius 1 is 1.37 bits per heavy atom. The first-order valence-electron chi connectivity index (χ1n) is 5.71. The monoisotopic (exact) mass is 289 g/mol. The lowest BCUT2D eigenvalue weighted by atomic mass is 10.2. The van der Waals surface area contributed by atoms with E-state index in [1.807, 2.05) is 0 Å². The first-order chi connectivity index (χ1) is 8.94. The van der Waals surface area contributed by atoms with E-state index in [4.69, 9.17) is 14.6 Å². The van der Waals surface area contributed by atoms with E-state index in [1.54, 1.807) is 13.0 Å². The molecule has 1 atom stereocenters.